The second-order valence-electron chi connectivity index (χ2n) is 11.4. The summed E-state index contributed by atoms with van der Waals surface area (Å²) in [7, 11) is 1.76. The second-order valence-corrected chi connectivity index (χ2v) is 11.4. The van der Waals surface area contributed by atoms with Crippen LogP contribution >= 0.6 is 0 Å². The summed E-state index contributed by atoms with van der Waals surface area (Å²) in [4.78, 5) is 0. The van der Waals surface area contributed by atoms with E-state index < -0.39 is 5.41 Å². The van der Waals surface area contributed by atoms with Crippen LogP contribution in [-0.2, 0) is 23.2 Å². The summed E-state index contributed by atoms with van der Waals surface area (Å²) < 4.78 is 11.2. The van der Waals surface area contributed by atoms with Crippen molar-refractivity contribution in [2.24, 2.45) is 10.2 Å². The zero-order chi connectivity index (χ0) is 28.3. The Balaban J connectivity index is 1.58. The van der Waals surface area contributed by atoms with Crippen molar-refractivity contribution in [2.75, 3.05) is 13.8 Å². The molecule has 218 valence electrons. The summed E-state index contributed by atoms with van der Waals surface area (Å²) in [6, 6.07) is 19.9. The molecule has 3 rings (SSSR count). The maximum Gasteiger partial charge on any atom is 0.189 e. The Morgan fingerprint density at radius 2 is 1.57 bits per heavy atom. The van der Waals surface area contributed by atoms with Gasteiger partial charge in [-0.15, -0.1) is 0 Å². The number of nitrogens with zero attached hydrogens (tertiary/aromatic N) is 3. The van der Waals surface area contributed by atoms with E-state index in [1.807, 2.05) is 6.07 Å². The van der Waals surface area contributed by atoms with E-state index in [-0.39, 0.29) is 6.04 Å². The minimum atomic E-state index is -0.500. The average Bonchev–Trinajstić information content (AvgIpc) is 3.00. The van der Waals surface area contributed by atoms with E-state index in [1.54, 1.807) is 7.05 Å². The van der Waals surface area contributed by atoms with Crippen molar-refractivity contribution in [3.63, 3.8) is 0 Å². The summed E-state index contributed by atoms with van der Waals surface area (Å²) in [5.74, 6) is 0.880. The minimum absolute atomic E-state index is 0.184. The van der Waals surface area contributed by atoms with Crippen molar-refractivity contribution < 1.29 is 9.47 Å². The number of benzene rings is 2. The fraction of sp³-hybridized carbons (Fsp3) is 0.629. The molecule has 0 aliphatic carbocycles. The maximum absolute atomic E-state index is 10.6. The lowest BCUT2D eigenvalue weighted by Crippen LogP contribution is -2.26. The fourth-order valence-electron chi connectivity index (χ4n) is 5.93. The third kappa shape index (κ3) is 10.7. The number of hydrogen-bond acceptors (Lipinski definition) is 5. The highest BCUT2D eigenvalue weighted by Gasteiger charge is 2.33. The van der Waals surface area contributed by atoms with E-state index in [0.29, 0.717) is 13.4 Å². The predicted octanol–water partition coefficient (Wildman–Crippen LogP) is 9.88. The Bertz CT molecular complexity index is 1030. The van der Waals surface area contributed by atoms with Gasteiger partial charge in [-0.2, -0.15) is 15.5 Å². The topological polar surface area (TPSA) is 67.0 Å². The molecule has 1 aliphatic rings. The number of azo groups is 1. The van der Waals surface area contributed by atoms with Crippen LogP contribution in [-0.4, -0.2) is 19.9 Å². The molecule has 0 saturated heterocycles. The Labute approximate surface area is 243 Å². The molecule has 40 heavy (non-hydrogen) atoms. The van der Waals surface area contributed by atoms with Crippen molar-refractivity contribution in [3.8, 4) is 11.8 Å². The number of nitriles is 1. The van der Waals surface area contributed by atoms with Crippen molar-refractivity contribution in [3.05, 3.63) is 65.2 Å². The largest absolute Gasteiger partial charge is 0.467 e. The molecule has 2 atom stereocenters. The van der Waals surface area contributed by atoms with Crippen LogP contribution < -0.4 is 4.74 Å². The lowest BCUT2D eigenvalue weighted by Gasteiger charge is -2.29. The summed E-state index contributed by atoms with van der Waals surface area (Å²) in [6.45, 7) is 3.11. The van der Waals surface area contributed by atoms with E-state index in [4.69, 9.17) is 9.47 Å². The quantitative estimate of drug-likeness (QED) is 0.123. The average molecular weight is 546 g/mol. The second kappa shape index (κ2) is 18.6. The van der Waals surface area contributed by atoms with Crippen LogP contribution in [0.5, 0.6) is 5.75 Å². The molecule has 2 unspecified atom stereocenters. The van der Waals surface area contributed by atoms with Gasteiger partial charge in [0.15, 0.2) is 6.79 Å². The van der Waals surface area contributed by atoms with Crippen LogP contribution in [0, 0.1) is 11.3 Å². The van der Waals surface area contributed by atoms with Gasteiger partial charge in [0.05, 0.1) is 24.1 Å². The normalized spacial score (nSPS) is 15.2. The van der Waals surface area contributed by atoms with Crippen molar-refractivity contribution in [2.45, 2.75) is 128 Å². The molecule has 0 radical (unpaired) electrons. The first kappa shape index (κ1) is 31.8. The molecular formula is C35H51N3O2. The van der Waals surface area contributed by atoms with Crippen LogP contribution in [0.1, 0.15) is 120 Å². The van der Waals surface area contributed by atoms with Crippen molar-refractivity contribution in [1.29, 1.82) is 5.26 Å². The fourth-order valence-corrected chi connectivity index (χ4v) is 5.93. The highest BCUT2D eigenvalue weighted by molar-refractivity contribution is 5.43. The van der Waals surface area contributed by atoms with Gasteiger partial charge >= 0.3 is 0 Å². The Morgan fingerprint density at radius 3 is 2.27 bits per heavy atom. The summed E-state index contributed by atoms with van der Waals surface area (Å²) in [5, 5.41) is 19.3. The van der Waals surface area contributed by atoms with Crippen LogP contribution in [0.25, 0.3) is 0 Å². The minimum Gasteiger partial charge on any atom is -0.467 e. The van der Waals surface area contributed by atoms with Crippen molar-refractivity contribution >= 4 is 0 Å². The van der Waals surface area contributed by atoms with Gasteiger partial charge in [-0.25, -0.2) is 0 Å². The highest BCUT2D eigenvalue weighted by Crippen LogP contribution is 2.38. The van der Waals surface area contributed by atoms with Crippen LogP contribution in [0.2, 0.25) is 0 Å². The maximum atomic E-state index is 10.6. The standard InChI is InChI=1S/C35H51N3O2/c1-3-4-5-6-7-8-9-10-11-15-24-35(28-36,32-21-23-34-31(26-32)27-39-29-40-34)25-16-19-33(38-37-2)22-20-30-17-13-12-14-18-30/h12-14,17-18,21,23,26,33H,3-11,15-16,19-20,22,24-25,27,29H2,1-2H3. The van der Waals surface area contributed by atoms with E-state index in [2.05, 4.69) is 65.7 Å². The Morgan fingerprint density at radius 1 is 0.875 bits per heavy atom. The smallest absolute Gasteiger partial charge is 0.189 e. The van der Waals surface area contributed by atoms with E-state index >= 15 is 0 Å². The molecule has 5 heteroatoms. The monoisotopic (exact) mass is 545 g/mol. The van der Waals surface area contributed by atoms with E-state index in [1.165, 1.54) is 63.4 Å². The summed E-state index contributed by atoms with van der Waals surface area (Å²) in [6.07, 6.45) is 18.6. The van der Waals surface area contributed by atoms with Gasteiger partial charge in [0, 0.05) is 12.6 Å². The summed E-state index contributed by atoms with van der Waals surface area (Å²) >= 11 is 0. The molecule has 1 aliphatic heterocycles. The lowest BCUT2D eigenvalue weighted by molar-refractivity contribution is -0.0164. The molecule has 2 aromatic carbocycles. The van der Waals surface area contributed by atoms with Crippen molar-refractivity contribution in [1.82, 2.24) is 0 Å². The molecule has 0 spiro atoms. The third-order valence-corrected chi connectivity index (χ3v) is 8.37. The Kier molecular flexibility index (Phi) is 14.8. The van der Waals surface area contributed by atoms with Gasteiger partial charge in [-0.3, -0.25) is 0 Å². The molecule has 0 saturated carbocycles. The molecular weight excluding hydrogens is 494 g/mol. The summed E-state index contributed by atoms with van der Waals surface area (Å²) in [5.41, 5.74) is 2.99. The molecule has 0 bridgehead atoms. The van der Waals surface area contributed by atoms with Gasteiger partial charge in [0.2, 0.25) is 0 Å². The molecule has 5 nitrogen and oxygen atoms in total. The van der Waals surface area contributed by atoms with Crippen LogP contribution in [0.15, 0.2) is 58.8 Å². The first-order chi connectivity index (χ1) is 19.7. The molecule has 0 N–H and O–H groups in total. The number of fused-ring (bicyclic) bond motifs is 1. The molecule has 0 amide bonds. The number of hydrogen-bond donors (Lipinski definition) is 0. The highest BCUT2D eigenvalue weighted by atomic mass is 16.7. The Hall–Kier alpha value is -2.71. The van der Waals surface area contributed by atoms with Crippen LogP contribution in [0.3, 0.4) is 0 Å². The molecule has 0 aromatic heterocycles. The molecule has 0 fully saturated rings. The van der Waals surface area contributed by atoms with Gasteiger partial charge in [0.25, 0.3) is 0 Å². The zero-order valence-electron chi connectivity index (χ0n) is 25.1. The number of aryl methyl sites for hydroxylation is 1. The van der Waals surface area contributed by atoms with E-state index in [9.17, 15) is 5.26 Å². The first-order valence-electron chi connectivity index (χ1n) is 15.8. The SMILES string of the molecule is CCCCCCCCCCCCC(C#N)(CCCC(CCc1ccccc1)N=NC)c1ccc2c(c1)COCO2. The van der Waals surface area contributed by atoms with Crippen LogP contribution in [0.4, 0.5) is 0 Å². The molecule has 2 aromatic rings. The van der Waals surface area contributed by atoms with E-state index in [0.717, 1.165) is 61.8 Å². The number of ether oxygens (including phenoxy) is 2. The third-order valence-electron chi connectivity index (χ3n) is 8.37. The first-order valence-corrected chi connectivity index (χ1v) is 15.8. The van der Waals surface area contributed by atoms with Gasteiger partial charge in [-0.1, -0.05) is 108 Å². The lowest BCUT2D eigenvalue weighted by atomic mass is 9.73. The molecule has 1 heterocycles. The number of unbranched alkanes of at least 4 members (excludes halogenated alkanes) is 9. The predicted molar refractivity (Wildman–Crippen MR) is 164 cm³/mol. The van der Waals surface area contributed by atoms with Gasteiger partial charge in [0.1, 0.15) is 5.75 Å². The van der Waals surface area contributed by atoms with Gasteiger partial charge in [-0.05, 0) is 61.8 Å². The van der Waals surface area contributed by atoms with Gasteiger partial charge < -0.3 is 9.47 Å². The number of rotatable bonds is 20. The zero-order valence-corrected chi connectivity index (χ0v) is 25.1.